The van der Waals surface area contributed by atoms with E-state index in [1.807, 2.05) is 16.7 Å². The second-order valence-electron chi connectivity index (χ2n) is 5.04. The summed E-state index contributed by atoms with van der Waals surface area (Å²) >= 11 is 0. The van der Waals surface area contributed by atoms with E-state index in [1.165, 1.54) is 5.56 Å². The molecule has 0 aliphatic heterocycles. The fourth-order valence-corrected chi connectivity index (χ4v) is 2.46. The molecule has 21 heavy (non-hydrogen) atoms. The molecule has 106 valence electrons. The van der Waals surface area contributed by atoms with Gasteiger partial charge in [0.1, 0.15) is 6.33 Å². The van der Waals surface area contributed by atoms with Gasteiger partial charge in [0, 0.05) is 5.69 Å². The van der Waals surface area contributed by atoms with Gasteiger partial charge in [-0.05, 0) is 42.3 Å². The van der Waals surface area contributed by atoms with Gasteiger partial charge in [0.05, 0.1) is 16.6 Å². The Hall–Kier alpha value is -2.62. The fraction of sp³-hybridized carbons (Fsp3) is 0.176. The van der Waals surface area contributed by atoms with Crippen molar-refractivity contribution in [3.8, 4) is 5.69 Å². The summed E-state index contributed by atoms with van der Waals surface area (Å²) in [5.41, 5.74) is 4.15. The van der Waals surface area contributed by atoms with Gasteiger partial charge in [0.15, 0.2) is 0 Å². The van der Waals surface area contributed by atoms with Crippen LogP contribution in [-0.2, 0) is 6.42 Å². The van der Waals surface area contributed by atoms with Crippen molar-refractivity contribution in [2.75, 3.05) is 0 Å². The lowest BCUT2D eigenvalue weighted by atomic mass is 10.1. The molecule has 0 radical (unpaired) electrons. The first-order valence-corrected chi connectivity index (χ1v) is 6.99. The molecule has 0 unspecified atom stereocenters. The Labute approximate surface area is 122 Å². The number of fused-ring (bicyclic) bond motifs is 1. The minimum absolute atomic E-state index is 0.270. The van der Waals surface area contributed by atoms with Crippen LogP contribution in [0.5, 0.6) is 0 Å². The summed E-state index contributed by atoms with van der Waals surface area (Å²) in [5, 5.41) is 9.11. The third-order valence-electron chi connectivity index (χ3n) is 3.55. The summed E-state index contributed by atoms with van der Waals surface area (Å²) in [6, 6.07) is 13.3. The minimum Gasteiger partial charge on any atom is -0.478 e. The van der Waals surface area contributed by atoms with E-state index in [0.29, 0.717) is 0 Å². The number of benzene rings is 2. The molecule has 1 heterocycles. The Morgan fingerprint density at radius 1 is 1.19 bits per heavy atom. The van der Waals surface area contributed by atoms with Crippen LogP contribution in [0.3, 0.4) is 0 Å². The number of carbonyl (C=O) groups is 1. The number of carboxylic acid groups (broad SMARTS) is 1. The summed E-state index contributed by atoms with van der Waals surface area (Å²) in [6.45, 7) is 2.16. The maximum Gasteiger partial charge on any atom is 0.335 e. The normalized spacial score (nSPS) is 10.9. The third kappa shape index (κ3) is 2.52. The van der Waals surface area contributed by atoms with Gasteiger partial charge < -0.3 is 5.11 Å². The van der Waals surface area contributed by atoms with E-state index < -0.39 is 5.97 Å². The van der Waals surface area contributed by atoms with E-state index in [1.54, 1.807) is 24.5 Å². The first-order chi connectivity index (χ1) is 10.2. The van der Waals surface area contributed by atoms with Gasteiger partial charge in [-0.15, -0.1) is 0 Å². The van der Waals surface area contributed by atoms with Crippen LogP contribution in [0.2, 0.25) is 0 Å². The van der Waals surface area contributed by atoms with Crippen molar-refractivity contribution in [3.05, 3.63) is 59.9 Å². The molecule has 0 bridgehead atoms. The summed E-state index contributed by atoms with van der Waals surface area (Å²) in [4.78, 5) is 15.4. The van der Waals surface area contributed by atoms with E-state index in [-0.39, 0.29) is 5.56 Å². The average molecular weight is 280 g/mol. The number of aromatic nitrogens is 2. The number of hydrogen-bond acceptors (Lipinski definition) is 2. The molecule has 0 aliphatic carbocycles. The first kappa shape index (κ1) is 13.4. The van der Waals surface area contributed by atoms with Crippen molar-refractivity contribution in [2.45, 2.75) is 19.8 Å². The molecule has 1 N–H and O–H groups in total. The Kier molecular flexibility index (Phi) is 3.44. The van der Waals surface area contributed by atoms with E-state index in [0.717, 1.165) is 29.6 Å². The van der Waals surface area contributed by atoms with Gasteiger partial charge in [0.25, 0.3) is 0 Å². The molecule has 4 heteroatoms. The highest BCUT2D eigenvalue weighted by molar-refractivity contribution is 5.92. The van der Waals surface area contributed by atoms with Crippen LogP contribution in [-0.4, -0.2) is 20.6 Å². The molecule has 4 nitrogen and oxygen atoms in total. The van der Waals surface area contributed by atoms with Crippen molar-refractivity contribution in [3.63, 3.8) is 0 Å². The van der Waals surface area contributed by atoms with Gasteiger partial charge in [-0.1, -0.05) is 25.5 Å². The van der Waals surface area contributed by atoms with Crippen LogP contribution >= 0.6 is 0 Å². The summed E-state index contributed by atoms with van der Waals surface area (Å²) in [7, 11) is 0. The monoisotopic (exact) mass is 280 g/mol. The zero-order valence-corrected chi connectivity index (χ0v) is 11.8. The molecular formula is C17H16N2O2. The lowest BCUT2D eigenvalue weighted by Gasteiger charge is -2.06. The Bertz CT molecular complexity index is 788. The number of rotatable bonds is 4. The molecule has 0 saturated carbocycles. The maximum absolute atomic E-state index is 11.1. The fourth-order valence-electron chi connectivity index (χ4n) is 2.46. The number of nitrogens with zero attached hydrogens (tertiary/aromatic N) is 2. The quantitative estimate of drug-likeness (QED) is 0.793. The van der Waals surface area contributed by atoms with Crippen LogP contribution in [0.1, 0.15) is 29.3 Å². The standard InChI is InChI=1S/C17H16N2O2/c1-2-3-12-4-7-14(8-5-12)19-11-18-15-9-6-13(17(20)21)10-16(15)19/h4-11H,2-3H2,1H3,(H,20,21). The van der Waals surface area contributed by atoms with E-state index in [2.05, 4.69) is 24.0 Å². The zero-order valence-electron chi connectivity index (χ0n) is 11.8. The largest absolute Gasteiger partial charge is 0.478 e. The molecule has 3 aromatic rings. The van der Waals surface area contributed by atoms with Crippen LogP contribution in [0.4, 0.5) is 0 Å². The lowest BCUT2D eigenvalue weighted by Crippen LogP contribution is -1.97. The van der Waals surface area contributed by atoms with Gasteiger partial charge >= 0.3 is 5.97 Å². The third-order valence-corrected chi connectivity index (χ3v) is 3.55. The smallest absolute Gasteiger partial charge is 0.335 e. The minimum atomic E-state index is -0.928. The van der Waals surface area contributed by atoms with Crippen molar-refractivity contribution >= 4 is 17.0 Å². The average Bonchev–Trinajstić information content (AvgIpc) is 2.91. The summed E-state index contributed by atoms with van der Waals surface area (Å²) in [6.07, 6.45) is 3.91. The Morgan fingerprint density at radius 3 is 2.62 bits per heavy atom. The van der Waals surface area contributed by atoms with Crippen LogP contribution in [0, 0.1) is 0 Å². The molecule has 3 rings (SSSR count). The molecule has 1 aromatic heterocycles. The van der Waals surface area contributed by atoms with Gasteiger partial charge in [-0.3, -0.25) is 4.57 Å². The number of hydrogen-bond donors (Lipinski definition) is 1. The lowest BCUT2D eigenvalue weighted by molar-refractivity contribution is 0.0697. The van der Waals surface area contributed by atoms with Gasteiger partial charge in [-0.25, -0.2) is 9.78 Å². The molecule has 0 amide bonds. The van der Waals surface area contributed by atoms with Crippen molar-refractivity contribution in [1.29, 1.82) is 0 Å². The van der Waals surface area contributed by atoms with E-state index >= 15 is 0 Å². The van der Waals surface area contributed by atoms with Crippen molar-refractivity contribution in [2.24, 2.45) is 0 Å². The van der Waals surface area contributed by atoms with E-state index in [4.69, 9.17) is 5.11 Å². The molecule has 0 aliphatic rings. The second kappa shape index (κ2) is 5.40. The Morgan fingerprint density at radius 2 is 1.95 bits per heavy atom. The van der Waals surface area contributed by atoms with E-state index in [9.17, 15) is 4.79 Å². The first-order valence-electron chi connectivity index (χ1n) is 6.99. The number of aryl methyl sites for hydroxylation is 1. The Balaban J connectivity index is 2.07. The maximum atomic E-state index is 11.1. The predicted molar refractivity (Wildman–Crippen MR) is 82.0 cm³/mol. The number of aromatic carboxylic acids is 1. The topological polar surface area (TPSA) is 55.1 Å². The molecule has 0 fully saturated rings. The summed E-state index contributed by atoms with van der Waals surface area (Å²) in [5.74, 6) is -0.928. The zero-order chi connectivity index (χ0) is 14.8. The van der Waals surface area contributed by atoms with Crippen LogP contribution < -0.4 is 0 Å². The predicted octanol–water partition coefficient (Wildman–Crippen LogP) is 3.68. The highest BCUT2D eigenvalue weighted by atomic mass is 16.4. The van der Waals surface area contributed by atoms with Crippen LogP contribution in [0.25, 0.3) is 16.7 Å². The van der Waals surface area contributed by atoms with Crippen molar-refractivity contribution in [1.82, 2.24) is 9.55 Å². The van der Waals surface area contributed by atoms with Gasteiger partial charge in [-0.2, -0.15) is 0 Å². The molecule has 0 atom stereocenters. The second-order valence-corrected chi connectivity index (χ2v) is 5.04. The van der Waals surface area contributed by atoms with Crippen molar-refractivity contribution < 1.29 is 9.90 Å². The molecular weight excluding hydrogens is 264 g/mol. The number of carboxylic acids is 1. The highest BCUT2D eigenvalue weighted by Crippen LogP contribution is 2.20. The molecule has 0 saturated heterocycles. The highest BCUT2D eigenvalue weighted by Gasteiger charge is 2.09. The number of imidazole rings is 1. The summed E-state index contributed by atoms with van der Waals surface area (Å²) < 4.78 is 1.91. The molecule has 2 aromatic carbocycles. The SMILES string of the molecule is CCCc1ccc(-n2cnc3ccc(C(=O)O)cc32)cc1. The van der Waals surface area contributed by atoms with Crippen LogP contribution in [0.15, 0.2) is 48.8 Å². The van der Waals surface area contributed by atoms with Gasteiger partial charge in [0.2, 0.25) is 0 Å². The molecule has 0 spiro atoms.